The molecule has 0 atom stereocenters. The number of hydrogen-bond acceptors (Lipinski definition) is 2. The molecule has 0 radical (unpaired) electrons. The number of aromatic nitrogens is 1. The Morgan fingerprint density at radius 3 is 2.59 bits per heavy atom. The zero-order valence-electron chi connectivity index (χ0n) is 8.76. The van der Waals surface area contributed by atoms with E-state index in [0.29, 0.717) is 10.4 Å². The Labute approximate surface area is 107 Å². The Morgan fingerprint density at radius 1 is 1.06 bits per heavy atom. The minimum atomic E-state index is -0.0151. The second kappa shape index (κ2) is 4.02. The monoisotopic (exact) mass is 261 g/mol. The highest BCUT2D eigenvalue weighted by molar-refractivity contribution is 7.14. The summed E-state index contributed by atoms with van der Waals surface area (Å²) in [5.74, 6) is 0. The lowest BCUT2D eigenvalue weighted by Gasteiger charge is -1.97. The fraction of sp³-hybridized carbons (Fsp3) is 0. The van der Waals surface area contributed by atoms with Gasteiger partial charge in [0.1, 0.15) is 0 Å². The first-order valence-electron chi connectivity index (χ1n) is 5.13. The van der Waals surface area contributed by atoms with Crippen LogP contribution in [0.1, 0.15) is 0 Å². The van der Waals surface area contributed by atoms with E-state index in [1.165, 1.54) is 11.5 Å². The lowest BCUT2D eigenvalue weighted by molar-refractivity contribution is 1.14. The van der Waals surface area contributed by atoms with E-state index >= 15 is 0 Å². The van der Waals surface area contributed by atoms with E-state index in [9.17, 15) is 4.79 Å². The lowest BCUT2D eigenvalue weighted by atomic mass is 10.3. The Hall–Kier alpha value is -1.58. The number of halogens is 1. The molecule has 17 heavy (non-hydrogen) atoms. The molecule has 0 unspecified atom stereocenters. The summed E-state index contributed by atoms with van der Waals surface area (Å²) in [4.78, 5) is 12.2. The largest absolute Gasteiger partial charge is 0.273 e. The smallest absolute Gasteiger partial charge is 0.267 e. The van der Waals surface area contributed by atoms with Crippen molar-refractivity contribution in [3.63, 3.8) is 0 Å². The van der Waals surface area contributed by atoms with Crippen LogP contribution in [-0.4, -0.2) is 3.96 Å². The maximum absolute atomic E-state index is 12.2. The number of hydrogen-bond donors (Lipinski definition) is 0. The molecule has 84 valence electrons. The van der Waals surface area contributed by atoms with Crippen LogP contribution in [0.3, 0.4) is 0 Å². The summed E-state index contributed by atoms with van der Waals surface area (Å²) >= 11 is 7.33. The van der Waals surface area contributed by atoms with Gasteiger partial charge in [0.05, 0.1) is 15.8 Å². The summed E-state index contributed by atoms with van der Waals surface area (Å²) in [6.45, 7) is 0. The molecule has 0 aliphatic rings. The topological polar surface area (TPSA) is 22.0 Å². The van der Waals surface area contributed by atoms with Crippen LogP contribution in [-0.2, 0) is 0 Å². The van der Waals surface area contributed by atoms with Crippen LogP contribution in [0.4, 0.5) is 0 Å². The van der Waals surface area contributed by atoms with Crippen molar-refractivity contribution in [2.24, 2.45) is 0 Å². The average Bonchev–Trinajstić information content (AvgIpc) is 2.68. The fourth-order valence-corrected chi connectivity index (χ4v) is 2.88. The van der Waals surface area contributed by atoms with E-state index in [2.05, 4.69) is 0 Å². The van der Waals surface area contributed by atoms with Crippen molar-refractivity contribution in [3.8, 4) is 5.69 Å². The lowest BCUT2D eigenvalue weighted by Crippen LogP contribution is -2.10. The minimum Gasteiger partial charge on any atom is -0.267 e. The second-order valence-electron chi connectivity index (χ2n) is 3.67. The van der Waals surface area contributed by atoms with Crippen LogP contribution < -0.4 is 5.56 Å². The molecule has 0 spiro atoms. The van der Waals surface area contributed by atoms with Gasteiger partial charge in [-0.05, 0) is 30.3 Å². The van der Waals surface area contributed by atoms with Gasteiger partial charge >= 0.3 is 0 Å². The van der Waals surface area contributed by atoms with Crippen LogP contribution >= 0.6 is 23.1 Å². The summed E-state index contributed by atoms with van der Waals surface area (Å²) < 4.78 is 2.63. The van der Waals surface area contributed by atoms with Gasteiger partial charge in [0.2, 0.25) is 0 Å². The van der Waals surface area contributed by atoms with Gasteiger partial charge in [-0.3, -0.25) is 4.79 Å². The molecule has 3 aromatic rings. The summed E-state index contributed by atoms with van der Waals surface area (Å²) in [5.41, 5.74) is 0.869. The highest BCUT2D eigenvalue weighted by Gasteiger charge is 2.08. The van der Waals surface area contributed by atoms with Crippen molar-refractivity contribution in [2.75, 3.05) is 0 Å². The standard InChI is InChI=1S/C13H8ClNOS/c14-9-6-7-12-11(8-9)13(16)15(17-12)10-4-2-1-3-5-10/h1-8H. The molecule has 2 aromatic carbocycles. The molecule has 0 fully saturated rings. The molecular weight excluding hydrogens is 254 g/mol. The summed E-state index contributed by atoms with van der Waals surface area (Å²) in [6, 6.07) is 15.0. The Morgan fingerprint density at radius 2 is 1.82 bits per heavy atom. The molecule has 0 N–H and O–H groups in total. The first-order chi connectivity index (χ1) is 8.25. The van der Waals surface area contributed by atoms with Crippen molar-refractivity contribution in [1.82, 2.24) is 3.96 Å². The number of fused-ring (bicyclic) bond motifs is 1. The van der Waals surface area contributed by atoms with Gasteiger partial charge in [0.25, 0.3) is 5.56 Å². The van der Waals surface area contributed by atoms with E-state index in [0.717, 1.165) is 10.4 Å². The van der Waals surface area contributed by atoms with Gasteiger partial charge in [-0.1, -0.05) is 41.3 Å². The van der Waals surface area contributed by atoms with Gasteiger partial charge in [-0.2, -0.15) is 0 Å². The second-order valence-corrected chi connectivity index (χ2v) is 5.09. The molecule has 0 amide bonds. The maximum Gasteiger partial charge on any atom is 0.273 e. The van der Waals surface area contributed by atoms with Crippen LogP contribution in [0.2, 0.25) is 5.02 Å². The van der Waals surface area contributed by atoms with Crippen LogP contribution in [0.25, 0.3) is 15.8 Å². The van der Waals surface area contributed by atoms with E-state index in [4.69, 9.17) is 11.6 Å². The van der Waals surface area contributed by atoms with Gasteiger partial charge < -0.3 is 0 Å². The molecule has 4 heteroatoms. The zero-order chi connectivity index (χ0) is 11.8. The van der Waals surface area contributed by atoms with Crippen molar-refractivity contribution in [2.45, 2.75) is 0 Å². The third-order valence-electron chi connectivity index (χ3n) is 2.54. The van der Waals surface area contributed by atoms with Crippen molar-refractivity contribution < 1.29 is 0 Å². The Bertz CT molecular complexity index is 730. The van der Waals surface area contributed by atoms with Crippen molar-refractivity contribution in [1.29, 1.82) is 0 Å². The Kier molecular flexibility index (Phi) is 2.50. The molecule has 3 rings (SSSR count). The third kappa shape index (κ3) is 1.77. The molecule has 1 aromatic heterocycles. The maximum atomic E-state index is 12.2. The SMILES string of the molecule is O=c1c2cc(Cl)ccc2sn1-c1ccccc1. The van der Waals surface area contributed by atoms with Crippen LogP contribution in [0, 0.1) is 0 Å². The zero-order valence-corrected chi connectivity index (χ0v) is 10.3. The third-order valence-corrected chi connectivity index (χ3v) is 3.88. The van der Waals surface area contributed by atoms with Crippen LogP contribution in [0.5, 0.6) is 0 Å². The highest BCUT2D eigenvalue weighted by Crippen LogP contribution is 2.22. The fourth-order valence-electron chi connectivity index (χ4n) is 1.73. The van der Waals surface area contributed by atoms with E-state index in [1.54, 1.807) is 16.1 Å². The molecule has 0 aliphatic carbocycles. The van der Waals surface area contributed by atoms with E-state index in [-0.39, 0.29) is 5.56 Å². The van der Waals surface area contributed by atoms with Gasteiger partial charge in [-0.25, -0.2) is 3.96 Å². The quantitative estimate of drug-likeness (QED) is 0.655. The molecular formula is C13H8ClNOS. The Balaban J connectivity index is 2.33. The summed E-state index contributed by atoms with van der Waals surface area (Å²) in [5, 5.41) is 1.26. The number of rotatable bonds is 1. The number of benzene rings is 2. The van der Waals surface area contributed by atoms with E-state index < -0.39 is 0 Å². The normalized spacial score (nSPS) is 10.9. The first-order valence-corrected chi connectivity index (χ1v) is 6.28. The predicted octanol–water partition coefficient (Wildman–Crippen LogP) is 3.71. The van der Waals surface area contributed by atoms with Gasteiger partial charge in [0, 0.05) is 5.02 Å². The van der Waals surface area contributed by atoms with E-state index in [1.807, 2.05) is 36.4 Å². The summed E-state index contributed by atoms with van der Waals surface area (Å²) in [7, 11) is 0. The molecule has 0 bridgehead atoms. The van der Waals surface area contributed by atoms with Gasteiger partial charge in [0.15, 0.2) is 0 Å². The minimum absolute atomic E-state index is 0.0151. The number of nitrogens with zero attached hydrogens (tertiary/aromatic N) is 1. The first kappa shape index (κ1) is 10.6. The van der Waals surface area contributed by atoms with Gasteiger partial charge in [-0.15, -0.1) is 0 Å². The van der Waals surface area contributed by atoms with Crippen LogP contribution in [0.15, 0.2) is 53.3 Å². The molecule has 2 nitrogen and oxygen atoms in total. The molecule has 0 saturated carbocycles. The summed E-state index contributed by atoms with van der Waals surface area (Å²) in [6.07, 6.45) is 0. The predicted molar refractivity (Wildman–Crippen MR) is 72.4 cm³/mol. The molecule has 0 saturated heterocycles. The molecule has 1 heterocycles. The number of para-hydroxylation sites is 1. The van der Waals surface area contributed by atoms with Crippen molar-refractivity contribution >= 4 is 33.2 Å². The molecule has 0 aliphatic heterocycles. The van der Waals surface area contributed by atoms with Crippen molar-refractivity contribution in [3.05, 3.63) is 63.9 Å². The highest BCUT2D eigenvalue weighted by atomic mass is 35.5. The average molecular weight is 262 g/mol.